The van der Waals surface area contributed by atoms with Gasteiger partial charge < -0.3 is 9.88 Å². The van der Waals surface area contributed by atoms with E-state index in [0.29, 0.717) is 18.7 Å². The molecule has 1 aliphatic carbocycles. The average molecular weight is 429 g/mol. The number of hydrogen-bond acceptors (Lipinski definition) is 4. The van der Waals surface area contributed by atoms with Gasteiger partial charge in [0.2, 0.25) is 0 Å². The Labute approximate surface area is 176 Å². The van der Waals surface area contributed by atoms with Crippen LogP contribution in [0.3, 0.4) is 0 Å². The largest absolute Gasteiger partial charge is 0.471 e. The maximum absolute atomic E-state index is 13.3. The minimum absolute atomic E-state index is 0.0922. The molecule has 1 aromatic carbocycles. The highest BCUT2D eigenvalue weighted by Gasteiger charge is 2.59. The van der Waals surface area contributed by atoms with Crippen molar-refractivity contribution in [3.8, 4) is 11.4 Å². The summed E-state index contributed by atoms with van der Waals surface area (Å²) in [6.45, 7) is 6.13. The second-order valence-electron chi connectivity index (χ2n) is 9.26. The number of fused-ring (bicyclic) bond motifs is 5. The van der Waals surface area contributed by atoms with Gasteiger partial charge in [0, 0.05) is 23.6 Å². The molecule has 1 saturated heterocycles. The normalized spacial score (nSPS) is 24.8. The fourth-order valence-electron chi connectivity index (χ4n) is 5.39. The van der Waals surface area contributed by atoms with Crippen LogP contribution in [-0.2, 0) is 16.6 Å². The number of piperidine rings is 1. The van der Waals surface area contributed by atoms with Crippen molar-refractivity contribution in [2.45, 2.75) is 51.2 Å². The van der Waals surface area contributed by atoms with Gasteiger partial charge in [0.15, 0.2) is 0 Å². The standard InChI is InChI=1S/C22H22F3N5O/c1-20(2)17-9-13-8-15-16(29-18(28-15)12-4-6-26-27-11-12)10-14(13)21(20,3)5-7-30(17)19(31)22(23,24)25/h4,6,8,10-11,17H,5,7,9H2,1-3H3,(H,28,29)/t17-,21-/m0/s1. The molecular formula is C22H22F3N5O. The molecule has 0 saturated carbocycles. The van der Waals surface area contributed by atoms with Gasteiger partial charge >= 0.3 is 12.1 Å². The molecular weight excluding hydrogens is 407 g/mol. The molecule has 6 nitrogen and oxygen atoms in total. The van der Waals surface area contributed by atoms with Crippen molar-refractivity contribution >= 4 is 16.9 Å². The van der Waals surface area contributed by atoms with Crippen LogP contribution in [0.15, 0.2) is 30.6 Å². The highest BCUT2D eigenvalue weighted by atomic mass is 19.4. The molecule has 2 aliphatic rings. The summed E-state index contributed by atoms with van der Waals surface area (Å²) in [5.41, 5.74) is 3.57. The van der Waals surface area contributed by atoms with Crippen LogP contribution in [0.4, 0.5) is 13.2 Å². The number of imidazole rings is 1. The first-order valence-electron chi connectivity index (χ1n) is 10.2. The number of aromatic amines is 1. The number of benzene rings is 1. The Kier molecular flexibility index (Phi) is 4.04. The smallest absolute Gasteiger partial charge is 0.338 e. The van der Waals surface area contributed by atoms with Crippen molar-refractivity contribution in [3.63, 3.8) is 0 Å². The Hall–Kier alpha value is -2.97. The molecule has 5 rings (SSSR count). The molecule has 162 valence electrons. The van der Waals surface area contributed by atoms with Crippen LogP contribution in [0.1, 0.15) is 38.3 Å². The van der Waals surface area contributed by atoms with Crippen molar-refractivity contribution in [2.75, 3.05) is 6.54 Å². The number of amides is 1. The van der Waals surface area contributed by atoms with Gasteiger partial charge in [0.25, 0.3) is 0 Å². The average Bonchev–Trinajstić information content (AvgIpc) is 3.12. The first kappa shape index (κ1) is 20.0. The lowest BCUT2D eigenvalue weighted by atomic mass is 9.51. The van der Waals surface area contributed by atoms with E-state index >= 15 is 0 Å². The molecule has 2 bridgehead atoms. The minimum atomic E-state index is -4.87. The fourth-order valence-corrected chi connectivity index (χ4v) is 5.39. The van der Waals surface area contributed by atoms with Gasteiger partial charge in [-0.1, -0.05) is 20.8 Å². The van der Waals surface area contributed by atoms with E-state index in [0.717, 1.165) is 32.6 Å². The summed E-state index contributed by atoms with van der Waals surface area (Å²) in [7, 11) is 0. The lowest BCUT2D eigenvalue weighted by Crippen LogP contribution is -2.66. The first-order valence-corrected chi connectivity index (χ1v) is 10.2. The van der Waals surface area contributed by atoms with E-state index in [4.69, 9.17) is 4.98 Å². The Morgan fingerprint density at radius 3 is 2.68 bits per heavy atom. The summed E-state index contributed by atoms with van der Waals surface area (Å²) >= 11 is 0. The van der Waals surface area contributed by atoms with Gasteiger partial charge in [-0.15, -0.1) is 0 Å². The maximum Gasteiger partial charge on any atom is 0.471 e. The van der Waals surface area contributed by atoms with Gasteiger partial charge in [-0.25, -0.2) is 4.98 Å². The third-order valence-corrected chi connectivity index (χ3v) is 7.56. The Bertz CT molecular complexity index is 1190. The minimum Gasteiger partial charge on any atom is -0.338 e. The van der Waals surface area contributed by atoms with E-state index in [9.17, 15) is 18.0 Å². The van der Waals surface area contributed by atoms with Crippen molar-refractivity contribution in [1.29, 1.82) is 0 Å². The number of likely N-dealkylation sites (tertiary alicyclic amines) is 1. The van der Waals surface area contributed by atoms with E-state index in [-0.39, 0.29) is 12.0 Å². The zero-order valence-electron chi connectivity index (χ0n) is 17.4. The maximum atomic E-state index is 13.3. The monoisotopic (exact) mass is 429 g/mol. The number of nitrogens with one attached hydrogen (secondary N) is 1. The molecule has 1 fully saturated rings. The van der Waals surface area contributed by atoms with Gasteiger partial charge in [-0.3, -0.25) is 4.79 Å². The number of hydrogen-bond donors (Lipinski definition) is 1. The number of carbonyl (C=O) groups excluding carboxylic acids is 1. The van der Waals surface area contributed by atoms with Crippen LogP contribution < -0.4 is 0 Å². The highest BCUT2D eigenvalue weighted by Crippen LogP contribution is 2.56. The van der Waals surface area contributed by atoms with Crippen LogP contribution in [0.5, 0.6) is 0 Å². The number of nitrogens with zero attached hydrogens (tertiary/aromatic N) is 4. The highest BCUT2D eigenvalue weighted by molar-refractivity contribution is 5.84. The van der Waals surface area contributed by atoms with Crippen molar-refractivity contribution in [1.82, 2.24) is 25.1 Å². The predicted molar refractivity (Wildman–Crippen MR) is 108 cm³/mol. The molecule has 2 aromatic heterocycles. The molecule has 1 amide bonds. The van der Waals surface area contributed by atoms with Crippen LogP contribution in [0.2, 0.25) is 0 Å². The van der Waals surface area contributed by atoms with Gasteiger partial charge in [0.1, 0.15) is 5.82 Å². The summed E-state index contributed by atoms with van der Waals surface area (Å²) in [5.74, 6) is -1.08. The second-order valence-corrected chi connectivity index (χ2v) is 9.26. The topological polar surface area (TPSA) is 74.8 Å². The van der Waals surface area contributed by atoms with E-state index in [1.54, 1.807) is 12.4 Å². The summed E-state index contributed by atoms with van der Waals surface area (Å²) in [6, 6.07) is 5.30. The summed E-state index contributed by atoms with van der Waals surface area (Å²) in [6.07, 6.45) is -0.823. The molecule has 0 unspecified atom stereocenters. The molecule has 3 aromatic rings. The Balaban J connectivity index is 1.63. The van der Waals surface area contributed by atoms with E-state index in [1.165, 1.54) is 0 Å². The number of H-pyrrole nitrogens is 1. The molecule has 31 heavy (non-hydrogen) atoms. The second kappa shape index (κ2) is 6.27. The third kappa shape index (κ3) is 2.78. The summed E-state index contributed by atoms with van der Waals surface area (Å²) in [4.78, 5) is 21.2. The third-order valence-electron chi connectivity index (χ3n) is 7.56. The molecule has 1 N–H and O–H groups in total. The van der Waals surface area contributed by atoms with Crippen molar-refractivity contribution in [3.05, 3.63) is 41.7 Å². The fraction of sp³-hybridized carbons (Fsp3) is 0.455. The van der Waals surface area contributed by atoms with Crippen LogP contribution in [-0.4, -0.2) is 49.7 Å². The van der Waals surface area contributed by atoms with Crippen LogP contribution in [0, 0.1) is 5.41 Å². The molecule has 9 heteroatoms. The van der Waals surface area contributed by atoms with Crippen LogP contribution in [0.25, 0.3) is 22.4 Å². The molecule has 0 spiro atoms. The van der Waals surface area contributed by atoms with Crippen LogP contribution >= 0.6 is 0 Å². The summed E-state index contributed by atoms with van der Waals surface area (Å²) < 4.78 is 39.8. The van der Waals surface area contributed by atoms with Gasteiger partial charge in [-0.05, 0) is 47.6 Å². The predicted octanol–water partition coefficient (Wildman–Crippen LogP) is 4.02. The van der Waals surface area contributed by atoms with Crippen molar-refractivity contribution < 1.29 is 18.0 Å². The SMILES string of the molecule is CC1(C)[C@@H]2Cc3cc4[nH]c(-c5ccnnc5)nc4cc3[C@]1(C)CCN2C(=O)C(F)(F)F. The number of rotatable bonds is 1. The van der Waals surface area contributed by atoms with Crippen molar-refractivity contribution in [2.24, 2.45) is 5.41 Å². The molecule has 0 radical (unpaired) electrons. The quantitative estimate of drug-likeness (QED) is 0.634. The van der Waals surface area contributed by atoms with E-state index < -0.39 is 23.5 Å². The first-order chi connectivity index (χ1) is 14.5. The van der Waals surface area contributed by atoms with Gasteiger partial charge in [-0.2, -0.15) is 23.4 Å². The molecule has 1 aliphatic heterocycles. The zero-order valence-corrected chi connectivity index (χ0v) is 17.4. The lowest BCUT2D eigenvalue weighted by Gasteiger charge is -2.60. The lowest BCUT2D eigenvalue weighted by molar-refractivity contribution is -0.195. The summed E-state index contributed by atoms with van der Waals surface area (Å²) in [5, 5.41) is 7.67. The number of alkyl halides is 3. The number of aromatic nitrogens is 4. The van der Waals surface area contributed by atoms with E-state index in [2.05, 4.69) is 28.2 Å². The Morgan fingerprint density at radius 2 is 2.00 bits per heavy atom. The molecule has 3 heterocycles. The number of halogens is 3. The molecule has 2 atom stereocenters. The Morgan fingerprint density at radius 1 is 1.23 bits per heavy atom. The van der Waals surface area contributed by atoms with Gasteiger partial charge in [0.05, 0.1) is 23.4 Å². The van der Waals surface area contributed by atoms with E-state index in [1.807, 2.05) is 26.0 Å². The number of carbonyl (C=O) groups is 1. The zero-order chi connectivity index (χ0) is 22.2.